The summed E-state index contributed by atoms with van der Waals surface area (Å²) in [5.41, 5.74) is -0.281. The van der Waals surface area contributed by atoms with Crippen molar-refractivity contribution in [3.8, 4) is 22.8 Å². The number of hydrogen-bond acceptors (Lipinski definition) is 2. The van der Waals surface area contributed by atoms with Crippen LogP contribution in [0.1, 0.15) is 17.4 Å². The van der Waals surface area contributed by atoms with Crippen LogP contribution in [0, 0.1) is 17.5 Å². The van der Waals surface area contributed by atoms with Crippen molar-refractivity contribution in [2.45, 2.75) is 6.17 Å². The predicted molar refractivity (Wildman–Crippen MR) is 99.9 cm³/mol. The van der Waals surface area contributed by atoms with E-state index in [1.165, 1.54) is 16.8 Å². The molecule has 0 aliphatic carbocycles. The number of phenolic OH excluding ortho intramolecular Hbond substituents is 1. The van der Waals surface area contributed by atoms with Crippen LogP contribution in [0.3, 0.4) is 0 Å². The lowest BCUT2D eigenvalue weighted by molar-refractivity contribution is 0.362. The third kappa shape index (κ3) is 3.47. The van der Waals surface area contributed by atoms with Gasteiger partial charge in [-0.2, -0.15) is 0 Å². The second-order valence-corrected chi connectivity index (χ2v) is 6.36. The monoisotopic (exact) mass is 398 g/mol. The van der Waals surface area contributed by atoms with Crippen LogP contribution >= 0.6 is 0 Å². The van der Waals surface area contributed by atoms with Crippen LogP contribution in [0.4, 0.5) is 17.6 Å². The van der Waals surface area contributed by atoms with E-state index in [0.29, 0.717) is 23.4 Å². The highest BCUT2D eigenvalue weighted by molar-refractivity contribution is 5.66. The zero-order chi connectivity index (χ0) is 20.5. The number of alkyl halides is 1. The highest BCUT2D eigenvalue weighted by Crippen LogP contribution is 2.35. The van der Waals surface area contributed by atoms with Gasteiger partial charge in [0.15, 0.2) is 6.17 Å². The molecule has 1 aromatic heterocycles. The molecule has 4 aromatic rings. The fraction of sp³-hybridized carbons (Fsp3) is 0.0455. The molecule has 4 rings (SSSR count). The summed E-state index contributed by atoms with van der Waals surface area (Å²) in [6, 6.07) is 16.0. The predicted octanol–water partition coefficient (Wildman–Crippen LogP) is 5.72. The lowest BCUT2D eigenvalue weighted by atomic mass is 10.1. The first-order valence-electron chi connectivity index (χ1n) is 8.67. The molecule has 0 fully saturated rings. The average Bonchev–Trinajstić information content (AvgIpc) is 3.13. The summed E-state index contributed by atoms with van der Waals surface area (Å²) >= 11 is 0. The Morgan fingerprint density at radius 3 is 2.14 bits per heavy atom. The SMILES string of the molecule is Oc1ccccc1-c1nc(C(F)c2c(F)cc(F)cc2F)cn1-c1ccccc1. The third-order valence-electron chi connectivity index (χ3n) is 4.46. The van der Waals surface area contributed by atoms with Crippen LogP contribution in [0.15, 0.2) is 72.9 Å². The molecule has 7 heteroatoms. The second-order valence-electron chi connectivity index (χ2n) is 6.36. The molecule has 0 radical (unpaired) electrons. The summed E-state index contributed by atoms with van der Waals surface area (Å²) in [7, 11) is 0. The van der Waals surface area contributed by atoms with Gasteiger partial charge in [0.25, 0.3) is 0 Å². The van der Waals surface area contributed by atoms with Gasteiger partial charge in [0, 0.05) is 24.0 Å². The van der Waals surface area contributed by atoms with Crippen molar-refractivity contribution in [2.75, 3.05) is 0 Å². The van der Waals surface area contributed by atoms with Crippen LogP contribution in [0.2, 0.25) is 0 Å². The van der Waals surface area contributed by atoms with Gasteiger partial charge in [0.2, 0.25) is 0 Å². The molecule has 0 saturated carbocycles. The molecule has 0 aliphatic heterocycles. The molecule has 3 aromatic carbocycles. The number of rotatable bonds is 4. The van der Waals surface area contributed by atoms with Crippen molar-refractivity contribution in [1.82, 2.24) is 9.55 Å². The molecule has 29 heavy (non-hydrogen) atoms. The minimum absolute atomic E-state index is 0.0867. The second kappa shape index (κ2) is 7.43. The largest absolute Gasteiger partial charge is 0.507 e. The van der Waals surface area contributed by atoms with E-state index in [1.807, 2.05) is 0 Å². The van der Waals surface area contributed by atoms with Crippen LogP contribution in [-0.4, -0.2) is 14.7 Å². The van der Waals surface area contributed by atoms with E-state index in [4.69, 9.17) is 0 Å². The minimum Gasteiger partial charge on any atom is -0.507 e. The first-order valence-corrected chi connectivity index (χ1v) is 8.67. The molecule has 0 saturated heterocycles. The molecular formula is C22H14F4N2O. The fourth-order valence-corrected chi connectivity index (χ4v) is 3.10. The van der Waals surface area contributed by atoms with Gasteiger partial charge in [-0.05, 0) is 24.3 Å². The Bertz CT molecular complexity index is 1150. The normalized spacial score (nSPS) is 12.1. The minimum atomic E-state index is -2.27. The van der Waals surface area contributed by atoms with E-state index in [9.17, 15) is 18.3 Å². The Morgan fingerprint density at radius 2 is 1.48 bits per heavy atom. The van der Waals surface area contributed by atoms with Gasteiger partial charge in [0.05, 0.1) is 16.8 Å². The van der Waals surface area contributed by atoms with Crippen LogP contribution in [0.5, 0.6) is 5.75 Å². The fourth-order valence-electron chi connectivity index (χ4n) is 3.10. The highest BCUT2D eigenvalue weighted by atomic mass is 19.2. The lowest BCUT2D eigenvalue weighted by Gasteiger charge is -2.08. The van der Waals surface area contributed by atoms with Gasteiger partial charge in [-0.3, -0.25) is 4.57 Å². The van der Waals surface area contributed by atoms with E-state index in [0.717, 1.165) is 0 Å². The lowest BCUT2D eigenvalue weighted by Crippen LogP contribution is -2.03. The number of benzene rings is 3. The maximum atomic E-state index is 15.1. The Balaban J connectivity index is 1.89. The Hall–Kier alpha value is -3.61. The van der Waals surface area contributed by atoms with Crippen LogP contribution in [0.25, 0.3) is 17.1 Å². The van der Waals surface area contributed by atoms with E-state index in [1.54, 1.807) is 48.5 Å². The van der Waals surface area contributed by atoms with Crippen molar-refractivity contribution in [2.24, 2.45) is 0 Å². The van der Waals surface area contributed by atoms with Gasteiger partial charge in [-0.25, -0.2) is 22.5 Å². The average molecular weight is 398 g/mol. The first kappa shape index (κ1) is 18.7. The number of nitrogens with zero attached hydrogens (tertiary/aromatic N) is 2. The van der Waals surface area contributed by atoms with Gasteiger partial charge in [0.1, 0.15) is 29.0 Å². The number of aromatic hydroxyl groups is 1. The van der Waals surface area contributed by atoms with Gasteiger partial charge < -0.3 is 5.11 Å². The molecule has 146 valence electrons. The molecule has 0 aliphatic rings. The van der Waals surface area contributed by atoms with Gasteiger partial charge in [-0.1, -0.05) is 30.3 Å². The number of hydrogen-bond donors (Lipinski definition) is 1. The standard InChI is InChI=1S/C22H14F4N2O/c23-13-10-16(24)20(17(25)11-13)21(26)18-12-28(14-6-2-1-3-7-14)22(27-18)15-8-4-5-9-19(15)29/h1-12,21,29H. The zero-order valence-electron chi connectivity index (χ0n) is 14.9. The topological polar surface area (TPSA) is 38.1 Å². The van der Waals surface area contributed by atoms with Crippen LogP contribution in [-0.2, 0) is 0 Å². The summed E-state index contributed by atoms with van der Waals surface area (Å²) in [5, 5.41) is 10.2. The van der Waals surface area contributed by atoms with Crippen molar-refractivity contribution in [3.05, 3.63) is 102 Å². The quantitative estimate of drug-likeness (QED) is 0.447. The number of para-hydroxylation sites is 2. The smallest absolute Gasteiger partial charge is 0.174 e. The third-order valence-corrected chi connectivity index (χ3v) is 4.46. The van der Waals surface area contributed by atoms with Crippen molar-refractivity contribution < 1.29 is 22.7 Å². The van der Waals surface area contributed by atoms with Crippen LogP contribution < -0.4 is 0 Å². The van der Waals surface area contributed by atoms with E-state index in [2.05, 4.69) is 4.98 Å². The summed E-state index contributed by atoms with van der Waals surface area (Å²) in [5.74, 6) is -3.71. The molecule has 0 amide bonds. The molecule has 0 spiro atoms. The molecule has 0 bridgehead atoms. The number of halogens is 4. The molecule has 1 unspecified atom stereocenters. The van der Waals surface area contributed by atoms with E-state index >= 15 is 4.39 Å². The Kier molecular flexibility index (Phi) is 4.80. The number of aromatic nitrogens is 2. The van der Waals surface area contributed by atoms with Gasteiger partial charge >= 0.3 is 0 Å². The maximum Gasteiger partial charge on any atom is 0.174 e. The Morgan fingerprint density at radius 1 is 0.862 bits per heavy atom. The Labute approximate surface area is 163 Å². The zero-order valence-corrected chi connectivity index (χ0v) is 14.9. The number of imidazole rings is 1. The molecule has 1 heterocycles. The summed E-state index contributed by atoms with van der Waals surface area (Å²) in [4.78, 5) is 4.20. The maximum absolute atomic E-state index is 15.1. The van der Waals surface area contributed by atoms with Gasteiger partial charge in [-0.15, -0.1) is 0 Å². The number of phenols is 1. The molecule has 1 N–H and O–H groups in total. The summed E-state index contributed by atoms with van der Waals surface area (Å²) < 4.78 is 57.9. The summed E-state index contributed by atoms with van der Waals surface area (Å²) in [6.45, 7) is 0. The van der Waals surface area contributed by atoms with Crippen molar-refractivity contribution in [3.63, 3.8) is 0 Å². The van der Waals surface area contributed by atoms with Crippen molar-refractivity contribution >= 4 is 0 Å². The van der Waals surface area contributed by atoms with E-state index in [-0.39, 0.29) is 17.3 Å². The molecule has 1 atom stereocenters. The first-order chi connectivity index (χ1) is 14.0. The highest BCUT2D eigenvalue weighted by Gasteiger charge is 2.27. The summed E-state index contributed by atoms with van der Waals surface area (Å²) in [6.07, 6.45) is -0.977. The van der Waals surface area contributed by atoms with Crippen molar-refractivity contribution in [1.29, 1.82) is 0 Å². The van der Waals surface area contributed by atoms with E-state index < -0.39 is 29.2 Å². The molecular weight excluding hydrogens is 384 g/mol. The molecule has 3 nitrogen and oxygen atoms in total.